The molecule has 1 aliphatic rings. The van der Waals surface area contributed by atoms with Crippen LogP contribution in [0.5, 0.6) is 0 Å². The number of aromatic amines is 1. The minimum absolute atomic E-state index is 0.382. The molecule has 20 heavy (non-hydrogen) atoms. The van der Waals surface area contributed by atoms with E-state index in [0.717, 1.165) is 36.6 Å². The number of methoxy groups -OCH3 is 1. The van der Waals surface area contributed by atoms with E-state index in [1.54, 1.807) is 13.2 Å². The largest absolute Gasteiger partial charge is 0.381 e. The van der Waals surface area contributed by atoms with Gasteiger partial charge in [-0.2, -0.15) is 0 Å². The van der Waals surface area contributed by atoms with Crippen LogP contribution in [0.1, 0.15) is 47.7 Å². The number of para-hydroxylation sites is 1. The smallest absolute Gasteiger partial charge is 0.250 e. The molecule has 0 aliphatic heterocycles. The summed E-state index contributed by atoms with van der Waals surface area (Å²) >= 11 is 0. The topological polar surface area (TPSA) is 68.1 Å². The van der Waals surface area contributed by atoms with Crippen molar-refractivity contribution in [3.05, 3.63) is 35.5 Å². The number of amides is 1. The molecule has 1 aromatic heterocycles. The number of benzene rings is 1. The number of hydrogen-bond donors (Lipinski definition) is 2. The first-order chi connectivity index (χ1) is 9.69. The van der Waals surface area contributed by atoms with Gasteiger partial charge in [0.2, 0.25) is 0 Å². The van der Waals surface area contributed by atoms with Crippen molar-refractivity contribution in [2.45, 2.75) is 37.7 Å². The summed E-state index contributed by atoms with van der Waals surface area (Å²) in [5.41, 5.74) is 8.07. The molecule has 4 heteroatoms. The number of carbonyl (C=O) groups excluding carboxylic acids is 1. The van der Waals surface area contributed by atoms with Gasteiger partial charge in [-0.1, -0.05) is 12.1 Å². The third-order valence-corrected chi connectivity index (χ3v) is 4.39. The van der Waals surface area contributed by atoms with Gasteiger partial charge in [0.15, 0.2) is 0 Å². The maximum Gasteiger partial charge on any atom is 0.250 e. The summed E-state index contributed by atoms with van der Waals surface area (Å²) in [5, 5.41) is 1.06. The van der Waals surface area contributed by atoms with Gasteiger partial charge in [-0.25, -0.2) is 0 Å². The molecular weight excluding hydrogens is 252 g/mol. The fourth-order valence-corrected chi connectivity index (χ4v) is 3.21. The molecule has 0 bridgehead atoms. The highest BCUT2D eigenvalue weighted by Crippen LogP contribution is 2.35. The molecule has 0 spiro atoms. The number of carbonyl (C=O) groups is 1. The van der Waals surface area contributed by atoms with Crippen molar-refractivity contribution >= 4 is 16.8 Å². The van der Waals surface area contributed by atoms with Gasteiger partial charge in [-0.15, -0.1) is 0 Å². The fraction of sp³-hybridized carbons (Fsp3) is 0.438. The van der Waals surface area contributed by atoms with E-state index in [0.29, 0.717) is 17.6 Å². The van der Waals surface area contributed by atoms with Crippen LogP contribution in [0.15, 0.2) is 24.3 Å². The summed E-state index contributed by atoms with van der Waals surface area (Å²) in [7, 11) is 1.78. The van der Waals surface area contributed by atoms with Crippen LogP contribution in [0, 0.1) is 0 Å². The van der Waals surface area contributed by atoms with Crippen molar-refractivity contribution in [3.63, 3.8) is 0 Å². The first-order valence-electron chi connectivity index (χ1n) is 7.13. The normalized spacial score (nSPS) is 23.1. The van der Waals surface area contributed by atoms with Crippen LogP contribution in [0.4, 0.5) is 0 Å². The van der Waals surface area contributed by atoms with Crippen molar-refractivity contribution in [2.24, 2.45) is 5.73 Å². The summed E-state index contributed by atoms with van der Waals surface area (Å²) in [5.74, 6) is 0.140. The van der Waals surface area contributed by atoms with Crippen LogP contribution >= 0.6 is 0 Å². The minimum Gasteiger partial charge on any atom is -0.381 e. The predicted molar refractivity (Wildman–Crippen MR) is 78.8 cm³/mol. The van der Waals surface area contributed by atoms with Crippen molar-refractivity contribution in [2.75, 3.05) is 7.11 Å². The monoisotopic (exact) mass is 272 g/mol. The van der Waals surface area contributed by atoms with E-state index in [2.05, 4.69) is 11.1 Å². The van der Waals surface area contributed by atoms with Crippen LogP contribution < -0.4 is 5.73 Å². The average Bonchev–Trinajstić information content (AvgIpc) is 2.90. The maximum absolute atomic E-state index is 11.5. The molecule has 4 nitrogen and oxygen atoms in total. The summed E-state index contributed by atoms with van der Waals surface area (Å²) in [6.07, 6.45) is 4.84. The first-order valence-corrected chi connectivity index (χ1v) is 7.13. The minimum atomic E-state index is -0.382. The van der Waals surface area contributed by atoms with Crippen LogP contribution in [0.25, 0.3) is 10.9 Å². The molecule has 0 atom stereocenters. The Morgan fingerprint density at radius 3 is 2.70 bits per heavy atom. The van der Waals surface area contributed by atoms with Crippen LogP contribution in [-0.4, -0.2) is 24.1 Å². The Balaban J connectivity index is 1.90. The zero-order valence-electron chi connectivity index (χ0n) is 11.7. The number of hydrogen-bond acceptors (Lipinski definition) is 2. The number of nitrogens with two attached hydrogens (primary N) is 1. The number of rotatable bonds is 3. The van der Waals surface area contributed by atoms with Crippen molar-refractivity contribution < 1.29 is 9.53 Å². The Bertz CT molecular complexity index is 624. The zero-order valence-corrected chi connectivity index (χ0v) is 11.7. The molecular formula is C16H20N2O2. The highest BCUT2D eigenvalue weighted by atomic mass is 16.5. The quantitative estimate of drug-likeness (QED) is 0.902. The molecule has 0 unspecified atom stereocenters. The molecule has 1 aromatic carbocycles. The highest BCUT2D eigenvalue weighted by molar-refractivity contribution is 6.05. The summed E-state index contributed by atoms with van der Waals surface area (Å²) in [4.78, 5) is 14.9. The first kappa shape index (κ1) is 13.2. The van der Waals surface area contributed by atoms with E-state index in [1.165, 1.54) is 5.69 Å². The second kappa shape index (κ2) is 5.29. The van der Waals surface area contributed by atoms with Gasteiger partial charge in [0.05, 0.1) is 17.2 Å². The van der Waals surface area contributed by atoms with Crippen molar-refractivity contribution in [1.82, 2.24) is 4.98 Å². The van der Waals surface area contributed by atoms with Crippen molar-refractivity contribution in [3.8, 4) is 0 Å². The number of fused-ring (bicyclic) bond motifs is 1. The average molecular weight is 272 g/mol. The molecule has 1 saturated carbocycles. The number of nitrogens with one attached hydrogen (secondary N) is 1. The predicted octanol–water partition coefficient (Wildman–Crippen LogP) is 2.94. The van der Waals surface area contributed by atoms with Crippen LogP contribution in [0.3, 0.4) is 0 Å². The second-order valence-corrected chi connectivity index (χ2v) is 5.57. The lowest BCUT2D eigenvalue weighted by atomic mass is 9.85. The van der Waals surface area contributed by atoms with Gasteiger partial charge in [0.25, 0.3) is 5.91 Å². The van der Waals surface area contributed by atoms with Crippen LogP contribution in [-0.2, 0) is 4.74 Å². The Labute approximate surface area is 118 Å². The van der Waals surface area contributed by atoms with E-state index in [9.17, 15) is 4.79 Å². The number of H-pyrrole nitrogens is 1. The van der Waals surface area contributed by atoms with Gasteiger partial charge >= 0.3 is 0 Å². The van der Waals surface area contributed by atoms with Gasteiger partial charge in [-0.05, 0) is 43.7 Å². The van der Waals surface area contributed by atoms with E-state index in [4.69, 9.17) is 10.5 Å². The van der Waals surface area contributed by atoms with E-state index in [1.807, 2.05) is 12.1 Å². The Hall–Kier alpha value is -1.81. The third kappa shape index (κ3) is 2.31. The molecule has 2 aromatic rings. The summed E-state index contributed by atoms with van der Waals surface area (Å²) in [6, 6.07) is 7.82. The second-order valence-electron chi connectivity index (χ2n) is 5.57. The number of ether oxygens (including phenoxy) is 1. The van der Waals surface area contributed by atoms with Gasteiger partial charge in [0, 0.05) is 18.2 Å². The Morgan fingerprint density at radius 1 is 1.30 bits per heavy atom. The lowest BCUT2D eigenvalue weighted by Crippen LogP contribution is -2.19. The molecule has 0 saturated heterocycles. The fourth-order valence-electron chi connectivity index (χ4n) is 3.21. The van der Waals surface area contributed by atoms with E-state index < -0.39 is 0 Å². The lowest BCUT2D eigenvalue weighted by molar-refractivity contribution is 0.0656. The van der Waals surface area contributed by atoms with Crippen LogP contribution in [0.2, 0.25) is 0 Å². The SMILES string of the molecule is COC1CCC(c2cc3cccc(C(N)=O)c3[nH]2)CC1. The number of aromatic nitrogens is 1. The molecule has 1 heterocycles. The van der Waals surface area contributed by atoms with Crippen molar-refractivity contribution in [1.29, 1.82) is 0 Å². The Kier molecular flexibility index (Phi) is 3.49. The lowest BCUT2D eigenvalue weighted by Gasteiger charge is -2.26. The number of primary amides is 1. The van der Waals surface area contributed by atoms with Gasteiger partial charge in [-0.3, -0.25) is 4.79 Å². The molecule has 3 N–H and O–H groups in total. The molecule has 1 amide bonds. The highest BCUT2D eigenvalue weighted by Gasteiger charge is 2.23. The van der Waals surface area contributed by atoms with E-state index >= 15 is 0 Å². The maximum atomic E-state index is 11.5. The van der Waals surface area contributed by atoms with Gasteiger partial charge in [0.1, 0.15) is 0 Å². The Morgan fingerprint density at radius 2 is 2.05 bits per heavy atom. The van der Waals surface area contributed by atoms with E-state index in [-0.39, 0.29) is 5.91 Å². The van der Waals surface area contributed by atoms with Gasteiger partial charge < -0.3 is 15.5 Å². The molecule has 106 valence electrons. The summed E-state index contributed by atoms with van der Waals surface area (Å²) in [6.45, 7) is 0. The summed E-state index contributed by atoms with van der Waals surface area (Å²) < 4.78 is 5.41. The zero-order chi connectivity index (χ0) is 14.1. The molecule has 1 aliphatic carbocycles. The molecule has 1 fully saturated rings. The molecule has 0 radical (unpaired) electrons. The standard InChI is InChI=1S/C16H20N2O2/c1-20-12-7-5-10(6-8-12)14-9-11-3-2-4-13(16(17)19)15(11)18-14/h2-4,9-10,12,18H,5-8H2,1H3,(H2,17,19). The third-order valence-electron chi connectivity index (χ3n) is 4.39. The molecule has 3 rings (SSSR count).